The van der Waals surface area contributed by atoms with Crippen molar-refractivity contribution in [2.24, 2.45) is 4.99 Å². The molecule has 170 valence electrons. The van der Waals surface area contributed by atoms with Crippen molar-refractivity contribution in [2.75, 3.05) is 50.5 Å². The summed E-state index contributed by atoms with van der Waals surface area (Å²) < 4.78 is 32.8. The standard InChI is InChI=1S/C22H28F2N4OS.HI/c1-25-22(26-9-2-14-30-19-6-4-18(23)5-7-19)27-16-17-3-8-21(20(24)15-17)28-10-12-29-13-11-28;/h3-8,15H,2,9-14,16H2,1H3,(H2,25,26,27);1H. The molecule has 5 nitrogen and oxygen atoms in total. The summed E-state index contributed by atoms with van der Waals surface area (Å²) in [5.41, 5.74) is 1.49. The lowest BCUT2D eigenvalue weighted by atomic mass is 10.1. The van der Waals surface area contributed by atoms with E-state index in [1.54, 1.807) is 37.0 Å². The molecule has 2 aromatic carbocycles. The summed E-state index contributed by atoms with van der Waals surface area (Å²) in [6.07, 6.45) is 0.936. The number of anilines is 1. The van der Waals surface area contributed by atoms with Crippen LogP contribution in [0.4, 0.5) is 14.5 Å². The Morgan fingerprint density at radius 1 is 1.10 bits per heavy atom. The van der Waals surface area contributed by atoms with E-state index < -0.39 is 0 Å². The van der Waals surface area contributed by atoms with Gasteiger partial charge in [0, 0.05) is 38.1 Å². The number of benzene rings is 2. The van der Waals surface area contributed by atoms with Crippen molar-refractivity contribution in [3.8, 4) is 0 Å². The second kappa shape index (κ2) is 13.7. The Balaban J connectivity index is 0.00000341. The number of morpholine rings is 1. The van der Waals surface area contributed by atoms with E-state index in [1.165, 1.54) is 12.1 Å². The summed E-state index contributed by atoms with van der Waals surface area (Å²) in [7, 11) is 1.71. The average molecular weight is 562 g/mol. The van der Waals surface area contributed by atoms with Crippen LogP contribution in [-0.4, -0.2) is 51.6 Å². The zero-order chi connectivity index (χ0) is 21.2. The van der Waals surface area contributed by atoms with Crippen LogP contribution in [0, 0.1) is 11.6 Å². The van der Waals surface area contributed by atoms with E-state index in [-0.39, 0.29) is 35.6 Å². The molecular weight excluding hydrogens is 533 g/mol. The molecule has 0 atom stereocenters. The van der Waals surface area contributed by atoms with Crippen LogP contribution < -0.4 is 15.5 Å². The predicted molar refractivity (Wildman–Crippen MR) is 135 cm³/mol. The lowest BCUT2D eigenvalue weighted by Gasteiger charge is -2.29. The molecule has 0 radical (unpaired) electrons. The fourth-order valence-corrected chi connectivity index (χ4v) is 3.98. The largest absolute Gasteiger partial charge is 0.378 e. The summed E-state index contributed by atoms with van der Waals surface area (Å²) in [6.45, 7) is 3.94. The van der Waals surface area contributed by atoms with E-state index >= 15 is 0 Å². The third-order valence-electron chi connectivity index (χ3n) is 4.74. The van der Waals surface area contributed by atoms with E-state index in [1.807, 2.05) is 17.0 Å². The molecular formula is C22H29F2IN4OS. The molecule has 1 fully saturated rings. The minimum absolute atomic E-state index is 0. The minimum Gasteiger partial charge on any atom is -0.378 e. The first-order valence-electron chi connectivity index (χ1n) is 10.1. The van der Waals surface area contributed by atoms with Crippen molar-refractivity contribution < 1.29 is 13.5 Å². The van der Waals surface area contributed by atoms with Crippen LogP contribution in [0.3, 0.4) is 0 Å². The maximum atomic E-state index is 14.5. The van der Waals surface area contributed by atoms with E-state index in [0.717, 1.165) is 29.2 Å². The SMILES string of the molecule is CN=C(NCCCSc1ccc(F)cc1)NCc1ccc(N2CCOCC2)c(F)c1.I. The van der Waals surface area contributed by atoms with Crippen molar-refractivity contribution in [1.29, 1.82) is 0 Å². The average Bonchev–Trinajstić information content (AvgIpc) is 2.77. The van der Waals surface area contributed by atoms with Gasteiger partial charge in [-0.3, -0.25) is 4.99 Å². The number of aliphatic imine (C=N–C) groups is 1. The maximum absolute atomic E-state index is 14.5. The number of thioether (sulfide) groups is 1. The van der Waals surface area contributed by atoms with E-state index in [4.69, 9.17) is 4.74 Å². The van der Waals surface area contributed by atoms with Gasteiger partial charge in [-0.1, -0.05) is 6.07 Å². The van der Waals surface area contributed by atoms with E-state index in [9.17, 15) is 8.78 Å². The number of hydrogen-bond donors (Lipinski definition) is 2. The van der Waals surface area contributed by atoms with Crippen molar-refractivity contribution in [1.82, 2.24) is 10.6 Å². The molecule has 9 heteroatoms. The van der Waals surface area contributed by atoms with Crippen LogP contribution in [-0.2, 0) is 11.3 Å². The smallest absolute Gasteiger partial charge is 0.191 e. The maximum Gasteiger partial charge on any atom is 0.191 e. The van der Waals surface area contributed by atoms with Crippen LogP contribution in [0.25, 0.3) is 0 Å². The summed E-state index contributed by atoms with van der Waals surface area (Å²) in [5.74, 6) is 1.17. The highest BCUT2D eigenvalue weighted by atomic mass is 127. The Morgan fingerprint density at radius 3 is 2.52 bits per heavy atom. The molecule has 0 amide bonds. The quantitative estimate of drug-likeness (QED) is 0.166. The summed E-state index contributed by atoms with van der Waals surface area (Å²) >= 11 is 1.69. The molecule has 1 heterocycles. The number of hydrogen-bond acceptors (Lipinski definition) is 4. The van der Waals surface area contributed by atoms with Gasteiger partial charge < -0.3 is 20.3 Å². The highest BCUT2D eigenvalue weighted by Crippen LogP contribution is 2.21. The first-order valence-corrected chi connectivity index (χ1v) is 11.1. The highest BCUT2D eigenvalue weighted by molar-refractivity contribution is 14.0. The number of halogens is 3. The van der Waals surface area contributed by atoms with Gasteiger partial charge in [-0.2, -0.15) is 0 Å². The van der Waals surface area contributed by atoms with Crippen LogP contribution in [0.5, 0.6) is 0 Å². The number of nitrogens with one attached hydrogen (secondary N) is 2. The Kier molecular flexibility index (Phi) is 11.4. The number of ether oxygens (including phenoxy) is 1. The molecule has 2 N–H and O–H groups in total. The predicted octanol–water partition coefficient (Wildman–Crippen LogP) is 4.27. The lowest BCUT2D eigenvalue weighted by Crippen LogP contribution is -2.37. The molecule has 0 aromatic heterocycles. The van der Waals surface area contributed by atoms with E-state index in [2.05, 4.69) is 15.6 Å². The van der Waals surface area contributed by atoms with Crippen molar-refractivity contribution in [3.63, 3.8) is 0 Å². The van der Waals surface area contributed by atoms with Gasteiger partial charge in [-0.25, -0.2) is 8.78 Å². The Labute approximate surface area is 204 Å². The fourth-order valence-electron chi connectivity index (χ4n) is 3.13. The molecule has 1 saturated heterocycles. The summed E-state index contributed by atoms with van der Waals surface area (Å²) in [4.78, 5) is 7.28. The normalized spacial score (nSPS) is 14.2. The van der Waals surface area contributed by atoms with Crippen LogP contribution in [0.1, 0.15) is 12.0 Å². The first-order chi connectivity index (χ1) is 14.7. The first kappa shape index (κ1) is 25.7. The van der Waals surface area contributed by atoms with E-state index in [0.29, 0.717) is 44.5 Å². The monoisotopic (exact) mass is 562 g/mol. The third kappa shape index (κ3) is 8.46. The Bertz CT molecular complexity index is 833. The topological polar surface area (TPSA) is 48.9 Å². The molecule has 1 aliphatic rings. The van der Waals surface area contributed by atoms with Crippen LogP contribution >= 0.6 is 35.7 Å². The molecule has 31 heavy (non-hydrogen) atoms. The molecule has 2 aromatic rings. The van der Waals surface area contributed by atoms with Gasteiger partial charge in [-0.05, 0) is 54.1 Å². The van der Waals surface area contributed by atoms with Crippen molar-refractivity contribution in [3.05, 3.63) is 59.7 Å². The van der Waals surface area contributed by atoms with Crippen molar-refractivity contribution in [2.45, 2.75) is 17.9 Å². The second-order valence-corrected chi connectivity index (χ2v) is 8.06. The van der Waals surface area contributed by atoms with Crippen LogP contribution in [0.15, 0.2) is 52.4 Å². The van der Waals surface area contributed by atoms with Gasteiger partial charge in [0.15, 0.2) is 5.96 Å². The van der Waals surface area contributed by atoms with Gasteiger partial charge in [-0.15, -0.1) is 35.7 Å². The van der Waals surface area contributed by atoms with Gasteiger partial charge in [0.1, 0.15) is 11.6 Å². The number of nitrogens with zero attached hydrogens (tertiary/aromatic N) is 2. The van der Waals surface area contributed by atoms with Gasteiger partial charge in [0.2, 0.25) is 0 Å². The number of rotatable bonds is 8. The lowest BCUT2D eigenvalue weighted by molar-refractivity contribution is 0.122. The molecule has 0 bridgehead atoms. The summed E-state index contributed by atoms with van der Waals surface area (Å²) in [6, 6.07) is 11.9. The third-order valence-corrected chi connectivity index (χ3v) is 5.84. The zero-order valence-corrected chi connectivity index (χ0v) is 20.7. The van der Waals surface area contributed by atoms with Crippen molar-refractivity contribution >= 4 is 47.4 Å². The molecule has 1 aliphatic heterocycles. The molecule has 0 spiro atoms. The second-order valence-electron chi connectivity index (χ2n) is 6.89. The zero-order valence-electron chi connectivity index (χ0n) is 17.6. The van der Waals surface area contributed by atoms with Gasteiger partial charge >= 0.3 is 0 Å². The Hall–Kier alpha value is -1.59. The highest BCUT2D eigenvalue weighted by Gasteiger charge is 2.15. The summed E-state index contributed by atoms with van der Waals surface area (Å²) in [5, 5.41) is 6.48. The molecule has 0 unspecified atom stereocenters. The van der Waals surface area contributed by atoms with Gasteiger partial charge in [0.25, 0.3) is 0 Å². The Morgan fingerprint density at radius 2 is 1.84 bits per heavy atom. The molecule has 0 aliphatic carbocycles. The fraction of sp³-hybridized carbons (Fsp3) is 0.409. The molecule has 0 saturated carbocycles. The molecule has 3 rings (SSSR count). The van der Waals surface area contributed by atoms with Gasteiger partial charge in [0.05, 0.1) is 18.9 Å². The minimum atomic E-state index is -0.216. The van der Waals surface area contributed by atoms with Crippen LogP contribution in [0.2, 0.25) is 0 Å². The number of guanidine groups is 1.